The van der Waals surface area contributed by atoms with Crippen molar-refractivity contribution in [3.63, 3.8) is 0 Å². The maximum atomic E-state index is 13.3. The first-order valence-corrected chi connectivity index (χ1v) is 12.5. The zero-order chi connectivity index (χ0) is 25.6. The molecular formula is C28H38BNO5. The highest BCUT2D eigenvalue weighted by Crippen LogP contribution is 2.42. The summed E-state index contributed by atoms with van der Waals surface area (Å²) in [6.45, 7) is 14.2. The van der Waals surface area contributed by atoms with Crippen LogP contribution in [0.5, 0.6) is 0 Å². The van der Waals surface area contributed by atoms with E-state index in [4.69, 9.17) is 14.0 Å². The summed E-state index contributed by atoms with van der Waals surface area (Å²) in [5.41, 5.74) is 0.256. The Balaban J connectivity index is 1.49. The number of carbonyl (C=O) groups excluding carboxylic acids is 1. The van der Waals surface area contributed by atoms with Gasteiger partial charge >= 0.3 is 13.2 Å². The van der Waals surface area contributed by atoms with Crippen LogP contribution in [0.2, 0.25) is 0 Å². The number of carbonyl (C=O) groups is 1. The Hall–Kier alpha value is -2.35. The molecule has 0 aromatic heterocycles. The number of nitrogens with zero attached hydrogens (tertiary/aromatic N) is 1. The standard InChI is InChI=1S/C28H38BNO5/c1-20(21-13-15-23(16-14-21)29-34-26(4,5)27(6,7)35-29)30-18-17-28(33-24(30)31,19-25(2,3)32)22-11-9-8-10-12-22/h8-16,20,32H,17-19H2,1-7H3/t20-,28?/m0/s1. The molecule has 2 atom stereocenters. The Morgan fingerprint density at radius 1 is 1.00 bits per heavy atom. The summed E-state index contributed by atoms with van der Waals surface area (Å²) in [6, 6.07) is 17.6. The molecule has 2 aliphatic rings. The molecule has 2 aliphatic heterocycles. The van der Waals surface area contributed by atoms with Crippen molar-refractivity contribution >= 4 is 18.7 Å². The van der Waals surface area contributed by atoms with Gasteiger partial charge in [-0.25, -0.2) is 4.79 Å². The molecule has 35 heavy (non-hydrogen) atoms. The lowest BCUT2D eigenvalue weighted by Gasteiger charge is -2.45. The molecule has 0 saturated carbocycles. The van der Waals surface area contributed by atoms with Crippen LogP contribution in [-0.2, 0) is 19.6 Å². The third kappa shape index (κ3) is 5.13. The summed E-state index contributed by atoms with van der Waals surface area (Å²) in [5, 5.41) is 10.6. The molecule has 1 amide bonds. The van der Waals surface area contributed by atoms with Crippen molar-refractivity contribution in [3.8, 4) is 0 Å². The molecule has 2 aromatic carbocycles. The Kier molecular flexibility index (Phi) is 6.58. The molecule has 1 unspecified atom stereocenters. The number of cyclic esters (lactones) is 1. The zero-order valence-electron chi connectivity index (χ0n) is 22.0. The Bertz CT molecular complexity index is 1030. The van der Waals surface area contributed by atoms with Crippen LogP contribution in [0.4, 0.5) is 4.79 Å². The summed E-state index contributed by atoms with van der Waals surface area (Å²) < 4.78 is 18.5. The topological polar surface area (TPSA) is 68.2 Å². The number of hydrogen-bond donors (Lipinski definition) is 1. The van der Waals surface area contributed by atoms with E-state index < -0.39 is 29.5 Å². The van der Waals surface area contributed by atoms with E-state index in [0.29, 0.717) is 19.4 Å². The fourth-order valence-corrected chi connectivity index (χ4v) is 4.98. The smallest absolute Gasteiger partial charge is 0.438 e. The number of ether oxygens (including phenoxy) is 1. The normalized spacial score (nSPS) is 24.9. The van der Waals surface area contributed by atoms with Crippen molar-refractivity contribution < 1.29 is 23.9 Å². The molecular weight excluding hydrogens is 441 g/mol. The van der Waals surface area contributed by atoms with Crippen LogP contribution in [0.25, 0.3) is 0 Å². The molecule has 188 valence electrons. The average molecular weight is 479 g/mol. The monoisotopic (exact) mass is 479 g/mol. The van der Waals surface area contributed by atoms with E-state index in [1.165, 1.54) is 0 Å². The minimum atomic E-state index is -0.979. The van der Waals surface area contributed by atoms with Gasteiger partial charge in [-0.2, -0.15) is 0 Å². The first-order chi connectivity index (χ1) is 16.2. The fraction of sp³-hybridized carbons (Fsp3) is 0.536. The molecule has 2 saturated heterocycles. The minimum absolute atomic E-state index is 0.161. The molecule has 4 rings (SSSR count). The maximum absolute atomic E-state index is 13.3. The van der Waals surface area contributed by atoms with Crippen molar-refractivity contribution in [1.82, 2.24) is 4.90 Å². The van der Waals surface area contributed by atoms with Gasteiger partial charge in [0.1, 0.15) is 5.60 Å². The molecule has 6 nitrogen and oxygen atoms in total. The summed E-state index contributed by atoms with van der Waals surface area (Å²) in [7, 11) is -0.419. The van der Waals surface area contributed by atoms with E-state index in [2.05, 4.69) is 0 Å². The molecule has 2 fully saturated rings. The van der Waals surface area contributed by atoms with Crippen molar-refractivity contribution in [1.29, 1.82) is 0 Å². The summed E-state index contributed by atoms with van der Waals surface area (Å²) >= 11 is 0. The maximum Gasteiger partial charge on any atom is 0.494 e. The number of hydrogen-bond acceptors (Lipinski definition) is 5. The summed E-state index contributed by atoms with van der Waals surface area (Å²) in [4.78, 5) is 15.0. The highest BCUT2D eigenvalue weighted by molar-refractivity contribution is 6.62. The SMILES string of the molecule is C[C@@H](c1ccc(B2OC(C)(C)C(C)(C)O2)cc1)N1CCC(CC(C)(C)O)(c2ccccc2)OC1=O. The van der Waals surface area contributed by atoms with Crippen LogP contribution >= 0.6 is 0 Å². The highest BCUT2D eigenvalue weighted by atomic mass is 16.7. The van der Waals surface area contributed by atoms with Gasteiger partial charge in [0.25, 0.3) is 0 Å². The van der Waals surface area contributed by atoms with Crippen LogP contribution in [0.1, 0.15) is 78.5 Å². The Labute approximate surface area is 209 Å². The van der Waals surface area contributed by atoms with Gasteiger partial charge in [-0.15, -0.1) is 0 Å². The largest absolute Gasteiger partial charge is 0.494 e. The molecule has 0 radical (unpaired) electrons. The highest BCUT2D eigenvalue weighted by Gasteiger charge is 2.52. The molecule has 1 N–H and O–H groups in total. The van der Waals surface area contributed by atoms with Gasteiger partial charge in [0.2, 0.25) is 0 Å². The van der Waals surface area contributed by atoms with E-state index >= 15 is 0 Å². The minimum Gasteiger partial charge on any atom is -0.438 e. The van der Waals surface area contributed by atoms with Gasteiger partial charge in [-0.3, -0.25) is 0 Å². The predicted molar refractivity (Wildman–Crippen MR) is 137 cm³/mol. The average Bonchev–Trinajstić information content (AvgIpc) is 3.00. The Morgan fingerprint density at radius 3 is 2.09 bits per heavy atom. The predicted octanol–water partition coefficient (Wildman–Crippen LogP) is 4.95. The number of aliphatic hydroxyl groups is 1. The van der Waals surface area contributed by atoms with Gasteiger partial charge in [0, 0.05) is 19.4 Å². The van der Waals surface area contributed by atoms with Gasteiger partial charge in [-0.1, -0.05) is 54.6 Å². The van der Waals surface area contributed by atoms with Gasteiger partial charge < -0.3 is 24.1 Å². The quantitative estimate of drug-likeness (QED) is 0.595. The second kappa shape index (κ2) is 8.95. The van der Waals surface area contributed by atoms with Gasteiger partial charge in [-0.05, 0) is 65.1 Å². The van der Waals surface area contributed by atoms with E-state index in [1.807, 2.05) is 89.2 Å². The van der Waals surface area contributed by atoms with Gasteiger partial charge in [0.15, 0.2) is 0 Å². The first-order valence-electron chi connectivity index (χ1n) is 12.5. The van der Waals surface area contributed by atoms with Crippen LogP contribution in [-0.4, -0.2) is 46.6 Å². The number of amides is 1. The van der Waals surface area contributed by atoms with Crippen molar-refractivity contribution in [3.05, 3.63) is 65.7 Å². The second-order valence-electron chi connectivity index (χ2n) is 11.6. The van der Waals surface area contributed by atoms with Crippen molar-refractivity contribution in [2.45, 2.75) is 89.8 Å². The molecule has 7 heteroatoms. The first kappa shape index (κ1) is 25.7. The lowest BCUT2D eigenvalue weighted by atomic mass is 9.78. The van der Waals surface area contributed by atoms with Crippen LogP contribution < -0.4 is 5.46 Å². The van der Waals surface area contributed by atoms with Crippen LogP contribution in [0.15, 0.2) is 54.6 Å². The number of rotatable bonds is 6. The molecule has 0 bridgehead atoms. The van der Waals surface area contributed by atoms with E-state index in [0.717, 1.165) is 16.6 Å². The van der Waals surface area contributed by atoms with Crippen LogP contribution in [0.3, 0.4) is 0 Å². The van der Waals surface area contributed by atoms with Gasteiger partial charge in [0.05, 0.1) is 22.8 Å². The summed E-state index contributed by atoms with van der Waals surface area (Å²) in [5.74, 6) is 0. The molecule has 2 aromatic rings. The lowest BCUT2D eigenvalue weighted by Crippen LogP contribution is -2.51. The Morgan fingerprint density at radius 2 is 1.57 bits per heavy atom. The number of benzene rings is 2. The van der Waals surface area contributed by atoms with Crippen molar-refractivity contribution in [2.75, 3.05) is 6.54 Å². The third-order valence-electron chi connectivity index (χ3n) is 7.70. The molecule has 0 aliphatic carbocycles. The summed E-state index contributed by atoms with van der Waals surface area (Å²) in [6.07, 6.45) is 0.566. The van der Waals surface area contributed by atoms with E-state index in [9.17, 15) is 9.90 Å². The van der Waals surface area contributed by atoms with Crippen LogP contribution in [0, 0.1) is 0 Å². The zero-order valence-corrected chi connectivity index (χ0v) is 22.0. The van der Waals surface area contributed by atoms with E-state index in [1.54, 1.807) is 18.7 Å². The lowest BCUT2D eigenvalue weighted by molar-refractivity contribution is -0.101. The third-order valence-corrected chi connectivity index (χ3v) is 7.70. The fourth-order valence-electron chi connectivity index (χ4n) is 4.98. The van der Waals surface area contributed by atoms with E-state index in [-0.39, 0.29) is 12.1 Å². The molecule has 0 spiro atoms. The molecule has 2 heterocycles. The second-order valence-corrected chi connectivity index (χ2v) is 11.6. The van der Waals surface area contributed by atoms with Crippen molar-refractivity contribution in [2.24, 2.45) is 0 Å².